The lowest BCUT2D eigenvalue weighted by Gasteiger charge is -2.19. The smallest absolute Gasteiger partial charge is 0.407 e. The summed E-state index contributed by atoms with van der Waals surface area (Å²) in [4.78, 5) is 11.4. The van der Waals surface area contributed by atoms with E-state index in [0.717, 1.165) is 23.3 Å². The number of rotatable bonds is 5. The molecule has 0 aromatic heterocycles. The molecule has 0 unspecified atom stereocenters. The molecule has 0 saturated carbocycles. The summed E-state index contributed by atoms with van der Waals surface area (Å²) in [6.07, 6.45) is 4.43. The zero-order chi connectivity index (χ0) is 15.9. The molecule has 4 heteroatoms. The summed E-state index contributed by atoms with van der Waals surface area (Å²) < 4.78 is 10.4. The Balaban J connectivity index is 2.35. The van der Waals surface area contributed by atoms with Crippen molar-refractivity contribution in [1.29, 1.82) is 0 Å². The topological polar surface area (TPSA) is 47.6 Å². The second-order valence-corrected chi connectivity index (χ2v) is 5.85. The van der Waals surface area contributed by atoms with E-state index < -0.39 is 5.60 Å². The van der Waals surface area contributed by atoms with Gasteiger partial charge in [-0.05, 0) is 57.4 Å². The largest absolute Gasteiger partial charge is 0.496 e. The quantitative estimate of drug-likeness (QED) is 0.836. The molecule has 0 aliphatic carbocycles. The number of alkyl carbamates (subject to hydrolysis) is 1. The molecule has 21 heavy (non-hydrogen) atoms. The van der Waals surface area contributed by atoms with Crippen LogP contribution in [-0.4, -0.2) is 25.3 Å². The molecule has 0 aliphatic rings. The number of aryl methyl sites for hydroxylation is 1. The van der Waals surface area contributed by atoms with Crippen molar-refractivity contribution < 1.29 is 14.3 Å². The van der Waals surface area contributed by atoms with Crippen molar-refractivity contribution in [2.45, 2.75) is 39.7 Å². The molecule has 0 radical (unpaired) electrons. The van der Waals surface area contributed by atoms with Gasteiger partial charge >= 0.3 is 6.09 Å². The fourth-order valence-electron chi connectivity index (χ4n) is 1.80. The van der Waals surface area contributed by atoms with E-state index in [1.807, 2.05) is 52.0 Å². The van der Waals surface area contributed by atoms with Gasteiger partial charge in [-0.15, -0.1) is 0 Å². The number of nitrogens with one attached hydrogen (secondary N) is 1. The Bertz CT molecular complexity index is 501. The van der Waals surface area contributed by atoms with Gasteiger partial charge in [-0.25, -0.2) is 4.79 Å². The second kappa shape index (κ2) is 7.72. The summed E-state index contributed by atoms with van der Waals surface area (Å²) in [5.41, 5.74) is 1.76. The van der Waals surface area contributed by atoms with E-state index in [0.29, 0.717) is 6.54 Å². The number of amides is 1. The lowest BCUT2D eigenvalue weighted by molar-refractivity contribution is 0.0529. The molecule has 0 spiro atoms. The summed E-state index contributed by atoms with van der Waals surface area (Å²) in [7, 11) is 1.67. The van der Waals surface area contributed by atoms with Crippen LogP contribution in [0.5, 0.6) is 5.75 Å². The van der Waals surface area contributed by atoms with Gasteiger partial charge < -0.3 is 14.8 Å². The number of benzene rings is 1. The van der Waals surface area contributed by atoms with E-state index in [1.54, 1.807) is 7.11 Å². The van der Waals surface area contributed by atoms with Gasteiger partial charge in [-0.1, -0.05) is 18.2 Å². The third-order valence-electron chi connectivity index (χ3n) is 2.71. The first-order valence-corrected chi connectivity index (χ1v) is 7.10. The average Bonchev–Trinajstić information content (AvgIpc) is 2.36. The van der Waals surface area contributed by atoms with Gasteiger partial charge in [0.25, 0.3) is 0 Å². The number of carbonyl (C=O) groups excluding carboxylic acids is 1. The highest BCUT2D eigenvalue weighted by atomic mass is 16.6. The Kier molecular flexibility index (Phi) is 6.28. The number of methoxy groups -OCH3 is 1. The number of hydrogen-bond acceptors (Lipinski definition) is 3. The van der Waals surface area contributed by atoms with Crippen molar-refractivity contribution in [2.75, 3.05) is 13.7 Å². The van der Waals surface area contributed by atoms with E-state index in [1.165, 1.54) is 0 Å². The number of ether oxygens (including phenoxy) is 2. The van der Waals surface area contributed by atoms with Gasteiger partial charge in [-0.2, -0.15) is 0 Å². The van der Waals surface area contributed by atoms with Gasteiger partial charge in [0.2, 0.25) is 0 Å². The molecule has 0 aliphatic heterocycles. The Morgan fingerprint density at radius 3 is 2.62 bits per heavy atom. The van der Waals surface area contributed by atoms with Gasteiger partial charge in [0, 0.05) is 6.54 Å². The summed E-state index contributed by atoms with van der Waals surface area (Å²) in [5.74, 6) is 0.888. The average molecular weight is 291 g/mol. The molecular weight excluding hydrogens is 266 g/mol. The molecule has 1 N–H and O–H groups in total. The van der Waals surface area contributed by atoms with Crippen molar-refractivity contribution in [2.24, 2.45) is 0 Å². The van der Waals surface area contributed by atoms with E-state index in [4.69, 9.17) is 9.47 Å². The van der Waals surface area contributed by atoms with Crippen LogP contribution in [0.25, 0.3) is 6.08 Å². The first kappa shape index (κ1) is 17.1. The molecule has 4 nitrogen and oxygen atoms in total. The second-order valence-electron chi connectivity index (χ2n) is 5.85. The molecule has 1 amide bonds. The van der Waals surface area contributed by atoms with Crippen molar-refractivity contribution >= 4 is 12.2 Å². The lowest BCUT2D eigenvalue weighted by Crippen LogP contribution is -2.32. The van der Waals surface area contributed by atoms with Crippen molar-refractivity contribution in [3.8, 4) is 5.75 Å². The Hall–Kier alpha value is -1.97. The van der Waals surface area contributed by atoms with Crippen LogP contribution in [0.1, 0.15) is 38.3 Å². The third kappa shape index (κ3) is 6.84. The zero-order valence-electron chi connectivity index (χ0n) is 13.5. The molecule has 0 fully saturated rings. The Morgan fingerprint density at radius 2 is 2.05 bits per heavy atom. The Labute approximate surface area is 127 Å². The van der Waals surface area contributed by atoms with Crippen molar-refractivity contribution in [3.05, 3.63) is 35.4 Å². The summed E-state index contributed by atoms with van der Waals surface area (Å²) in [6, 6.07) is 6.02. The molecule has 1 aromatic rings. The standard InChI is InChI=1S/C17H25NO3/c1-13-12-14(9-10-15(13)20-5)8-6-7-11-18-16(19)21-17(2,3)4/h6,8-10,12H,7,11H2,1-5H3,(H,18,19). The van der Waals surface area contributed by atoms with Gasteiger partial charge in [-0.3, -0.25) is 0 Å². The number of carbonyl (C=O) groups is 1. The highest BCUT2D eigenvalue weighted by Crippen LogP contribution is 2.19. The molecular formula is C17H25NO3. The van der Waals surface area contributed by atoms with E-state index in [-0.39, 0.29) is 6.09 Å². The maximum absolute atomic E-state index is 11.4. The first-order chi connectivity index (χ1) is 9.81. The van der Waals surface area contributed by atoms with Crippen LogP contribution >= 0.6 is 0 Å². The van der Waals surface area contributed by atoms with Crippen molar-refractivity contribution in [3.63, 3.8) is 0 Å². The van der Waals surface area contributed by atoms with Crippen LogP contribution in [0.4, 0.5) is 4.79 Å². The lowest BCUT2D eigenvalue weighted by atomic mass is 10.1. The molecule has 1 aromatic carbocycles. The predicted octanol–water partition coefficient (Wildman–Crippen LogP) is 3.93. The minimum atomic E-state index is -0.458. The molecule has 0 atom stereocenters. The molecule has 0 heterocycles. The zero-order valence-corrected chi connectivity index (χ0v) is 13.5. The molecule has 0 saturated heterocycles. The molecule has 1 rings (SSSR count). The minimum absolute atomic E-state index is 0.379. The van der Waals surface area contributed by atoms with Crippen LogP contribution < -0.4 is 10.1 Å². The van der Waals surface area contributed by atoms with E-state index in [9.17, 15) is 4.79 Å². The van der Waals surface area contributed by atoms with Crippen LogP contribution in [0.2, 0.25) is 0 Å². The van der Waals surface area contributed by atoms with Gasteiger partial charge in [0.05, 0.1) is 7.11 Å². The Morgan fingerprint density at radius 1 is 1.33 bits per heavy atom. The maximum Gasteiger partial charge on any atom is 0.407 e. The molecule has 116 valence electrons. The maximum atomic E-state index is 11.4. The summed E-state index contributed by atoms with van der Waals surface area (Å²) >= 11 is 0. The normalized spacial score (nSPS) is 11.5. The minimum Gasteiger partial charge on any atom is -0.496 e. The van der Waals surface area contributed by atoms with Crippen LogP contribution in [0.15, 0.2) is 24.3 Å². The van der Waals surface area contributed by atoms with E-state index >= 15 is 0 Å². The number of hydrogen-bond donors (Lipinski definition) is 1. The first-order valence-electron chi connectivity index (χ1n) is 7.10. The SMILES string of the molecule is COc1ccc(C=CCCNC(=O)OC(C)(C)C)cc1C. The van der Waals surface area contributed by atoms with Crippen molar-refractivity contribution in [1.82, 2.24) is 5.32 Å². The predicted molar refractivity (Wildman–Crippen MR) is 85.6 cm³/mol. The fraction of sp³-hybridized carbons (Fsp3) is 0.471. The van der Waals surface area contributed by atoms with Gasteiger partial charge in [0.1, 0.15) is 11.4 Å². The monoisotopic (exact) mass is 291 g/mol. The van der Waals surface area contributed by atoms with Crippen LogP contribution in [0.3, 0.4) is 0 Å². The molecule has 0 bridgehead atoms. The van der Waals surface area contributed by atoms with E-state index in [2.05, 4.69) is 11.4 Å². The highest BCUT2D eigenvalue weighted by Gasteiger charge is 2.15. The van der Waals surface area contributed by atoms with Gasteiger partial charge in [0.15, 0.2) is 0 Å². The third-order valence-corrected chi connectivity index (χ3v) is 2.71. The summed E-state index contributed by atoms with van der Waals surface area (Å²) in [5, 5.41) is 2.72. The van der Waals surface area contributed by atoms with Crippen LogP contribution in [-0.2, 0) is 4.74 Å². The summed E-state index contributed by atoms with van der Waals surface area (Å²) in [6.45, 7) is 8.11. The highest BCUT2D eigenvalue weighted by molar-refractivity contribution is 5.67. The fourth-order valence-corrected chi connectivity index (χ4v) is 1.80. The van der Waals surface area contributed by atoms with Crippen LogP contribution in [0, 0.1) is 6.92 Å².